The molecule has 0 aliphatic heterocycles. The van der Waals surface area contributed by atoms with Gasteiger partial charge in [0.1, 0.15) is 0 Å². The number of thiazole rings is 1. The first-order chi connectivity index (χ1) is 5.90. The largest absolute Gasteiger partial charge is 0.238 e. The van der Waals surface area contributed by atoms with Crippen LogP contribution >= 0.6 is 11.3 Å². The topological polar surface area (TPSA) is 12.9 Å². The molecule has 1 aliphatic rings. The van der Waals surface area contributed by atoms with Crippen LogP contribution in [-0.2, 0) is 12.8 Å². The van der Waals surface area contributed by atoms with Gasteiger partial charge in [0.05, 0.1) is 5.69 Å². The zero-order chi connectivity index (χ0) is 8.39. The Morgan fingerprint density at radius 1 is 1.75 bits per heavy atom. The average molecular weight is 178 g/mol. The molecule has 63 valence electrons. The van der Waals surface area contributed by atoms with Gasteiger partial charge in [0.25, 0.3) is 0 Å². The van der Waals surface area contributed by atoms with Crippen molar-refractivity contribution in [3.05, 3.63) is 28.7 Å². The molecule has 0 N–H and O–H groups in total. The van der Waals surface area contributed by atoms with E-state index in [1.54, 1.807) is 11.3 Å². The van der Waals surface area contributed by atoms with Crippen molar-refractivity contribution in [3.63, 3.8) is 0 Å². The van der Waals surface area contributed by atoms with Crippen LogP contribution in [0.1, 0.15) is 23.4 Å². The number of aryl methyl sites for hydroxylation is 1. The van der Waals surface area contributed by atoms with Crippen molar-refractivity contribution in [3.8, 4) is 0 Å². The molecule has 0 amide bonds. The maximum atomic E-state index is 4.22. The summed E-state index contributed by atoms with van der Waals surface area (Å²) in [5.74, 6) is 0.809. The number of hydrogen-bond donors (Lipinski definition) is 0. The number of fused-ring (bicyclic) bond motifs is 1. The number of hydrogen-bond acceptors (Lipinski definition) is 2. The third kappa shape index (κ3) is 1.44. The van der Waals surface area contributed by atoms with Gasteiger partial charge in [0.15, 0.2) is 5.51 Å². The quantitative estimate of drug-likeness (QED) is 0.634. The van der Waals surface area contributed by atoms with Crippen molar-refractivity contribution in [2.75, 3.05) is 0 Å². The first kappa shape index (κ1) is 7.99. The van der Waals surface area contributed by atoms with E-state index in [9.17, 15) is 0 Å². The van der Waals surface area contributed by atoms with E-state index < -0.39 is 0 Å². The predicted octanol–water partition coefficient (Wildman–Crippen LogP) is 2.62. The number of rotatable bonds is 2. The van der Waals surface area contributed by atoms with Gasteiger partial charge in [0, 0.05) is 4.88 Å². The second-order valence-electron chi connectivity index (χ2n) is 3.31. The van der Waals surface area contributed by atoms with Crippen molar-refractivity contribution < 1.29 is 0 Å². The minimum Gasteiger partial charge on any atom is -0.238 e. The van der Waals surface area contributed by atoms with Crippen LogP contribution in [0.2, 0.25) is 0 Å². The lowest BCUT2D eigenvalue weighted by atomic mass is 9.89. The van der Waals surface area contributed by atoms with Crippen LogP contribution in [0, 0.1) is 11.4 Å². The molecular weight excluding hydrogens is 166 g/mol. The monoisotopic (exact) mass is 178 g/mol. The summed E-state index contributed by atoms with van der Waals surface area (Å²) in [6, 6.07) is 0. The van der Waals surface area contributed by atoms with Gasteiger partial charge < -0.3 is 0 Å². The lowest BCUT2D eigenvalue weighted by Crippen LogP contribution is -2.11. The fourth-order valence-corrected chi connectivity index (χ4v) is 2.60. The summed E-state index contributed by atoms with van der Waals surface area (Å²) in [5, 5.41) is 0. The van der Waals surface area contributed by atoms with Crippen molar-refractivity contribution >= 4 is 11.3 Å². The molecule has 1 radical (unpaired) electrons. The summed E-state index contributed by atoms with van der Waals surface area (Å²) in [4.78, 5) is 5.67. The van der Waals surface area contributed by atoms with Crippen LogP contribution in [-0.4, -0.2) is 4.98 Å². The van der Waals surface area contributed by atoms with E-state index in [1.807, 2.05) is 6.08 Å². The average Bonchev–Trinajstić information content (AvgIpc) is 2.51. The molecular formula is C10H12NS. The summed E-state index contributed by atoms with van der Waals surface area (Å²) in [6.07, 6.45) is 6.80. The van der Waals surface area contributed by atoms with Crippen molar-refractivity contribution in [2.24, 2.45) is 5.92 Å². The Balaban J connectivity index is 2.09. The van der Waals surface area contributed by atoms with E-state index in [0.29, 0.717) is 0 Å². The van der Waals surface area contributed by atoms with E-state index >= 15 is 0 Å². The van der Waals surface area contributed by atoms with Gasteiger partial charge >= 0.3 is 0 Å². The summed E-state index contributed by atoms with van der Waals surface area (Å²) in [7, 11) is 0. The first-order valence-electron chi connectivity index (χ1n) is 4.35. The van der Waals surface area contributed by atoms with E-state index in [1.165, 1.54) is 23.4 Å². The Hall–Kier alpha value is -0.630. The molecule has 1 heterocycles. The second-order valence-corrected chi connectivity index (χ2v) is 4.19. The Bertz CT molecular complexity index is 277. The lowest BCUT2D eigenvalue weighted by Gasteiger charge is -2.19. The Labute approximate surface area is 77.2 Å². The predicted molar refractivity (Wildman–Crippen MR) is 51.3 cm³/mol. The molecule has 12 heavy (non-hydrogen) atoms. The molecule has 0 bridgehead atoms. The molecule has 0 spiro atoms. The summed E-state index contributed by atoms with van der Waals surface area (Å²) in [5.41, 5.74) is 4.26. The zero-order valence-corrected chi connectivity index (χ0v) is 7.86. The highest BCUT2D eigenvalue weighted by molar-refractivity contribution is 7.09. The summed E-state index contributed by atoms with van der Waals surface area (Å²) < 4.78 is 0. The SMILES string of the molecule is C=CCC1CCc2n[c]sc2C1. The van der Waals surface area contributed by atoms with Gasteiger partial charge in [0.2, 0.25) is 0 Å². The molecule has 0 saturated heterocycles. The van der Waals surface area contributed by atoms with E-state index in [0.717, 1.165) is 18.8 Å². The standard InChI is InChI=1S/C10H12NS/c1-2-3-8-4-5-9-10(6-8)12-7-11-9/h2,8H,1,3-6H2. The first-order valence-corrected chi connectivity index (χ1v) is 5.17. The van der Waals surface area contributed by atoms with Gasteiger partial charge in [-0.1, -0.05) is 6.08 Å². The van der Waals surface area contributed by atoms with Crippen LogP contribution in [0.15, 0.2) is 12.7 Å². The molecule has 2 heteroatoms. The molecule has 0 fully saturated rings. The highest BCUT2D eigenvalue weighted by Crippen LogP contribution is 2.29. The molecule has 1 nitrogen and oxygen atoms in total. The lowest BCUT2D eigenvalue weighted by molar-refractivity contribution is 0.465. The van der Waals surface area contributed by atoms with Crippen LogP contribution < -0.4 is 0 Å². The fourth-order valence-electron chi connectivity index (χ4n) is 1.75. The van der Waals surface area contributed by atoms with Gasteiger partial charge in [-0.05, 0) is 31.6 Å². The van der Waals surface area contributed by atoms with Gasteiger partial charge in [-0.2, -0.15) is 0 Å². The van der Waals surface area contributed by atoms with Crippen molar-refractivity contribution in [2.45, 2.75) is 25.7 Å². The highest BCUT2D eigenvalue weighted by Gasteiger charge is 2.19. The van der Waals surface area contributed by atoms with Crippen LogP contribution in [0.4, 0.5) is 0 Å². The number of aromatic nitrogens is 1. The molecule has 1 aromatic rings. The summed E-state index contributed by atoms with van der Waals surface area (Å²) in [6.45, 7) is 3.78. The molecule has 0 aromatic carbocycles. The molecule has 1 aliphatic carbocycles. The minimum atomic E-state index is 0.809. The van der Waals surface area contributed by atoms with Crippen molar-refractivity contribution in [1.82, 2.24) is 4.98 Å². The number of nitrogens with zero attached hydrogens (tertiary/aromatic N) is 1. The van der Waals surface area contributed by atoms with E-state index in [-0.39, 0.29) is 0 Å². The molecule has 1 atom stereocenters. The Morgan fingerprint density at radius 3 is 3.50 bits per heavy atom. The maximum absolute atomic E-state index is 4.22. The third-order valence-electron chi connectivity index (χ3n) is 2.43. The van der Waals surface area contributed by atoms with Gasteiger partial charge in [-0.3, -0.25) is 0 Å². The summed E-state index contributed by atoms with van der Waals surface area (Å²) >= 11 is 1.68. The van der Waals surface area contributed by atoms with Gasteiger partial charge in [-0.25, -0.2) is 4.98 Å². The molecule has 1 unspecified atom stereocenters. The van der Waals surface area contributed by atoms with Crippen LogP contribution in [0.5, 0.6) is 0 Å². The number of allylic oxidation sites excluding steroid dienone is 1. The van der Waals surface area contributed by atoms with Crippen molar-refractivity contribution in [1.29, 1.82) is 0 Å². The van der Waals surface area contributed by atoms with Crippen LogP contribution in [0.25, 0.3) is 0 Å². The Kier molecular flexibility index (Phi) is 2.26. The minimum absolute atomic E-state index is 0.809. The maximum Gasteiger partial charge on any atom is 0.152 e. The third-order valence-corrected chi connectivity index (χ3v) is 3.27. The fraction of sp³-hybridized carbons (Fsp3) is 0.500. The normalized spacial score (nSPS) is 21.8. The zero-order valence-electron chi connectivity index (χ0n) is 7.05. The second kappa shape index (κ2) is 3.40. The van der Waals surface area contributed by atoms with Gasteiger partial charge in [-0.15, -0.1) is 17.9 Å². The smallest absolute Gasteiger partial charge is 0.152 e. The molecule has 0 saturated carbocycles. The van der Waals surface area contributed by atoms with Crippen LogP contribution in [0.3, 0.4) is 0 Å². The Morgan fingerprint density at radius 2 is 2.67 bits per heavy atom. The molecule has 2 rings (SSSR count). The molecule has 1 aromatic heterocycles. The van der Waals surface area contributed by atoms with E-state index in [2.05, 4.69) is 17.1 Å². The van der Waals surface area contributed by atoms with E-state index in [4.69, 9.17) is 0 Å². The highest BCUT2D eigenvalue weighted by atomic mass is 32.1.